The minimum Gasteiger partial charge on any atom is -0.395 e. The van der Waals surface area contributed by atoms with E-state index >= 15 is 0 Å². The molecule has 0 aromatic heterocycles. The van der Waals surface area contributed by atoms with Crippen LogP contribution >= 0.6 is 15.9 Å². The third-order valence-corrected chi connectivity index (χ3v) is 5.53. The maximum Gasteiger partial charge on any atom is 0.240 e. The molecular formula is C15H24BrNO3S. The van der Waals surface area contributed by atoms with Crippen molar-refractivity contribution in [2.75, 3.05) is 6.61 Å². The maximum absolute atomic E-state index is 12.4. The topological polar surface area (TPSA) is 66.4 Å². The van der Waals surface area contributed by atoms with Crippen LogP contribution in [-0.2, 0) is 10.0 Å². The second-order valence-electron chi connectivity index (χ2n) is 5.66. The molecule has 1 aromatic rings. The van der Waals surface area contributed by atoms with Gasteiger partial charge in [0.15, 0.2) is 0 Å². The largest absolute Gasteiger partial charge is 0.395 e. The number of hydrogen-bond acceptors (Lipinski definition) is 3. The number of aliphatic hydroxyl groups is 1. The number of hydrogen-bond donors (Lipinski definition) is 2. The molecule has 0 bridgehead atoms. The van der Waals surface area contributed by atoms with Crippen molar-refractivity contribution in [2.45, 2.75) is 44.6 Å². The fourth-order valence-electron chi connectivity index (χ4n) is 2.38. The number of nitrogens with one attached hydrogen (secondary N) is 1. The average Bonchev–Trinajstić information content (AvgIpc) is 2.42. The maximum atomic E-state index is 12.4. The molecule has 120 valence electrons. The van der Waals surface area contributed by atoms with Crippen LogP contribution in [-0.4, -0.2) is 26.2 Å². The van der Waals surface area contributed by atoms with Crippen molar-refractivity contribution in [3.05, 3.63) is 28.7 Å². The van der Waals surface area contributed by atoms with Crippen LogP contribution in [0.15, 0.2) is 33.6 Å². The molecule has 4 nitrogen and oxygen atoms in total. The highest BCUT2D eigenvalue weighted by molar-refractivity contribution is 9.10. The van der Waals surface area contributed by atoms with Crippen molar-refractivity contribution in [1.29, 1.82) is 0 Å². The molecule has 0 amide bonds. The molecule has 2 N–H and O–H groups in total. The first-order valence-corrected chi connectivity index (χ1v) is 9.46. The van der Waals surface area contributed by atoms with Gasteiger partial charge >= 0.3 is 0 Å². The highest BCUT2D eigenvalue weighted by Gasteiger charge is 2.26. The number of rotatable bonds is 8. The molecule has 0 aliphatic carbocycles. The lowest BCUT2D eigenvalue weighted by Crippen LogP contribution is -2.43. The summed E-state index contributed by atoms with van der Waals surface area (Å²) >= 11 is 3.28. The van der Waals surface area contributed by atoms with E-state index in [-0.39, 0.29) is 17.4 Å². The highest BCUT2D eigenvalue weighted by atomic mass is 79.9. The van der Waals surface area contributed by atoms with Gasteiger partial charge in [-0.2, -0.15) is 0 Å². The first kappa shape index (κ1) is 18.6. The van der Waals surface area contributed by atoms with Gasteiger partial charge in [-0.15, -0.1) is 0 Å². The predicted octanol–water partition coefficient (Wildman–Crippen LogP) is 3.16. The van der Waals surface area contributed by atoms with Crippen LogP contribution in [0.4, 0.5) is 0 Å². The zero-order valence-corrected chi connectivity index (χ0v) is 15.1. The lowest BCUT2D eigenvalue weighted by Gasteiger charge is -2.26. The molecule has 2 atom stereocenters. The first-order chi connectivity index (χ1) is 9.80. The molecule has 2 unspecified atom stereocenters. The van der Waals surface area contributed by atoms with Crippen molar-refractivity contribution >= 4 is 26.0 Å². The van der Waals surface area contributed by atoms with Gasteiger partial charge in [-0.1, -0.05) is 43.1 Å². The van der Waals surface area contributed by atoms with E-state index in [9.17, 15) is 13.5 Å². The number of sulfonamides is 1. The third-order valence-electron chi connectivity index (χ3n) is 3.49. The van der Waals surface area contributed by atoms with Gasteiger partial charge in [0, 0.05) is 10.5 Å². The summed E-state index contributed by atoms with van der Waals surface area (Å²) in [6.07, 6.45) is 1.71. The molecule has 0 aliphatic heterocycles. The van der Waals surface area contributed by atoms with Crippen molar-refractivity contribution < 1.29 is 13.5 Å². The summed E-state index contributed by atoms with van der Waals surface area (Å²) in [6, 6.07) is 6.02. The van der Waals surface area contributed by atoms with E-state index < -0.39 is 16.1 Å². The molecule has 0 saturated heterocycles. The molecule has 0 heterocycles. The molecule has 1 rings (SSSR count). The summed E-state index contributed by atoms with van der Waals surface area (Å²) in [6.45, 7) is 6.02. The molecule has 1 aromatic carbocycles. The summed E-state index contributed by atoms with van der Waals surface area (Å²) < 4.78 is 28.2. The Bertz CT molecular complexity index is 528. The predicted molar refractivity (Wildman–Crippen MR) is 88.6 cm³/mol. The second-order valence-corrected chi connectivity index (χ2v) is 8.29. The molecule has 0 saturated carbocycles. The lowest BCUT2D eigenvalue weighted by atomic mass is 9.89. The van der Waals surface area contributed by atoms with Crippen LogP contribution < -0.4 is 4.72 Å². The number of benzene rings is 1. The molecule has 0 aliphatic rings. The van der Waals surface area contributed by atoms with Crippen molar-refractivity contribution in [2.24, 2.45) is 11.8 Å². The summed E-state index contributed by atoms with van der Waals surface area (Å²) in [7, 11) is -3.61. The van der Waals surface area contributed by atoms with E-state index in [1.807, 2.05) is 6.92 Å². The van der Waals surface area contributed by atoms with Crippen molar-refractivity contribution in [3.63, 3.8) is 0 Å². The third kappa shape index (κ3) is 5.70. The summed E-state index contributed by atoms with van der Waals surface area (Å²) in [4.78, 5) is 0.212. The van der Waals surface area contributed by atoms with Gasteiger partial charge in [-0.05, 0) is 42.5 Å². The van der Waals surface area contributed by atoms with Crippen LogP contribution in [0, 0.1) is 11.8 Å². The smallest absolute Gasteiger partial charge is 0.240 e. The van der Waals surface area contributed by atoms with Crippen molar-refractivity contribution in [1.82, 2.24) is 4.72 Å². The van der Waals surface area contributed by atoms with Gasteiger partial charge in [0.1, 0.15) is 0 Å². The van der Waals surface area contributed by atoms with Crippen LogP contribution in [0.25, 0.3) is 0 Å². The Balaban J connectivity index is 2.90. The molecule has 21 heavy (non-hydrogen) atoms. The Kier molecular flexibility index (Phi) is 7.33. The normalized spacial score (nSPS) is 15.1. The fourth-order valence-corrected chi connectivity index (χ4v) is 3.94. The Hall–Kier alpha value is -0.430. The first-order valence-electron chi connectivity index (χ1n) is 7.18. The summed E-state index contributed by atoms with van der Waals surface area (Å²) in [5.74, 6) is 0.585. The Morgan fingerprint density at radius 1 is 1.24 bits per heavy atom. The average molecular weight is 378 g/mol. The van der Waals surface area contributed by atoms with Crippen LogP contribution in [0.1, 0.15) is 33.6 Å². The minimum absolute atomic E-state index is 0.125. The van der Waals surface area contributed by atoms with Crippen molar-refractivity contribution in [3.8, 4) is 0 Å². The Morgan fingerprint density at radius 3 is 2.24 bits per heavy atom. The number of halogens is 1. The van der Waals surface area contributed by atoms with Crippen LogP contribution in [0.5, 0.6) is 0 Å². The van der Waals surface area contributed by atoms with E-state index in [0.717, 1.165) is 17.3 Å². The molecular weight excluding hydrogens is 354 g/mol. The quantitative estimate of drug-likeness (QED) is 0.730. The zero-order chi connectivity index (χ0) is 16.0. The zero-order valence-electron chi connectivity index (χ0n) is 12.7. The molecule has 0 radical (unpaired) electrons. The number of aliphatic hydroxyl groups excluding tert-OH is 1. The standard InChI is InChI=1S/C15H24BrNO3S/c1-4-12(9-11(2)3)15(10-18)17-21(19,20)14-7-5-13(16)6-8-14/h5-8,11-12,15,17-18H,4,9-10H2,1-3H3. The van der Waals surface area contributed by atoms with Crippen LogP contribution in [0.3, 0.4) is 0 Å². The van der Waals surface area contributed by atoms with Gasteiger partial charge < -0.3 is 5.11 Å². The van der Waals surface area contributed by atoms with Gasteiger partial charge in [-0.25, -0.2) is 13.1 Å². The SMILES string of the molecule is CCC(CC(C)C)C(CO)NS(=O)(=O)c1ccc(Br)cc1. The Morgan fingerprint density at radius 2 is 1.81 bits per heavy atom. The molecule has 0 fully saturated rings. The second kappa shape index (κ2) is 8.27. The summed E-state index contributed by atoms with van der Waals surface area (Å²) in [5.41, 5.74) is 0. The van der Waals surface area contributed by atoms with Gasteiger partial charge in [0.25, 0.3) is 0 Å². The van der Waals surface area contributed by atoms with Gasteiger partial charge in [-0.3, -0.25) is 0 Å². The van der Waals surface area contributed by atoms with E-state index in [4.69, 9.17) is 0 Å². The van der Waals surface area contributed by atoms with E-state index in [0.29, 0.717) is 5.92 Å². The van der Waals surface area contributed by atoms with E-state index in [1.165, 1.54) is 0 Å². The van der Waals surface area contributed by atoms with E-state index in [1.54, 1.807) is 24.3 Å². The van der Waals surface area contributed by atoms with Gasteiger partial charge in [0.2, 0.25) is 10.0 Å². The Labute approximate surface area is 136 Å². The molecule has 0 spiro atoms. The van der Waals surface area contributed by atoms with Gasteiger partial charge in [0.05, 0.1) is 11.5 Å². The lowest BCUT2D eigenvalue weighted by molar-refractivity contribution is 0.197. The molecule has 6 heteroatoms. The summed E-state index contributed by atoms with van der Waals surface area (Å²) in [5, 5.41) is 9.56. The minimum atomic E-state index is -3.61. The van der Waals surface area contributed by atoms with E-state index in [2.05, 4.69) is 34.5 Å². The monoisotopic (exact) mass is 377 g/mol. The highest BCUT2D eigenvalue weighted by Crippen LogP contribution is 2.21. The van der Waals surface area contributed by atoms with Crippen LogP contribution in [0.2, 0.25) is 0 Å². The fraction of sp³-hybridized carbons (Fsp3) is 0.600.